The fourth-order valence-electron chi connectivity index (χ4n) is 5.76. The van der Waals surface area contributed by atoms with Gasteiger partial charge in [-0.2, -0.15) is 22.7 Å². The molecule has 1 aromatic carbocycles. The summed E-state index contributed by atoms with van der Waals surface area (Å²) in [4.78, 5) is 32.0. The number of anilines is 1. The van der Waals surface area contributed by atoms with Crippen molar-refractivity contribution in [1.82, 2.24) is 24.5 Å². The third-order valence-electron chi connectivity index (χ3n) is 8.39. The molecule has 1 aliphatic carbocycles. The lowest BCUT2D eigenvalue weighted by atomic mass is 9.86. The molecule has 3 aromatic rings. The van der Waals surface area contributed by atoms with Crippen LogP contribution in [0.15, 0.2) is 34.6 Å². The van der Waals surface area contributed by atoms with Gasteiger partial charge >= 0.3 is 6.18 Å². The van der Waals surface area contributed by atoms with E-state index in [1.807, 2.05) is 26.0 Å². The number of hydrogen-bond donors (Lipinski definition) is 2. The fraction of sp³-hybridized carbons (Fsp3) is 0.484. The van der Waals surface area contributed by atoms with E-state index < -0.39 is 17.6 Å². The molecule has 44 heavy (non-hydrogen) atoms. The van der Waals surface area contributed by atoms with Gasteiger partial charge in [0.1, 0.15) is 6.54 Å². The molecule has 9 nitrogen and oxygen atoms in total. The number of rotatable bonds is 7. The van der Waals surface area contributed by atoms with Crippen LogP contribution in [0.1, 0.15) is 76.0 Å². The highest BCUT2D eigenvalue weighted by Crippen LogP contribution is 2.35. The first kappa shape index (κ1) is 31.9. The van der Waals surface area contributed by atoms with E-state index in [4.69, 9.17) is 21.3 Å². The molecule has 1 saturated heterocycles. The smallest absolute Gasteiger partial charge is 0.378 e. The van der Waals surface area contributed by atoms with Crippen LogP contribution < -0.4 is 16.2 Å². The number of hydrogen-bond acceptors (Lipinski definition) is 6. The molecule has 0 spiro atoms. The van der Waals surface area contributed by atoms with Crippen LogP contribution in [0.4, 0.5) is 18.9 Å². The topological polar surface area (TPSA) is 103 Å². The lowest BCUT2D eigenvalue weighted by Crippen LogP contribution is -2.31. The van der Waals surface area contributed by atoms with E-state index >= 15 is 0 Å². The number of ether oxygens (including phenoxy) is 1. The van der Waals surface area contributed by atoms with Crippen molar-refractivity contribution in [2.75, 3.05) is 19.0 Å². The average molecular weight is 633 g/mol. The minimum Gasteiger partial charge on any atom is -0.378 e. The quantitative estimate of drug-likeness (QED) is 0.337. The number of allylic oxidation sites excluding steroid dienone is 1. The Bertz CT molecular complexity index is 1740. The molecule has 3 heterocycles. The van der Waals surface area contributed by atoms with Crippen molar-refractivity contribution in [3.05, 3.63) is 67.9 Å². The number of halogens is 4. The van der Waals surface area contributed by atoms with Crippen molar-refractivity contribution in [3.8, 4) is 0 Å². The molecule has 1 amide bonds. The monoisotopic (exact) mass is 632 g/mol. The van der Waals surface area contributed by atoms with Crippen LogP contribution in [0.5, 0.6) is 0 Å². The summed E-state index contributed by atoms with van der Waals surface area (Å²) in [5.41, 5.74) is 1.31. The first-order valence-electron chi connectivity index (χ1n) is 14.5. The van der Waals surface area contributed by atoms with Crippen LogP contribution in [-0.2, 0) is 28.7 Å². The minimum absolute atomic E-state index is 0.0390. The molecular formula is C31H36ClF3N6O3. The van der Waals surface area contributed by atoms with Gasteiger partial charge in [-0.05, 0) is 82.7 Å². The molecule has 2 aliphatic rings. The highest BCUT2D eigenvalue weighted by Gasteiger charge is 2.32. The van der Waals surface area contributed by atoms with Gasteiger partial charge in [0.15, 0.2) is 5.82 Å². The largest absolute Gasteiger partial charge is 0.416 e. The molecular weight excluding hydrogens is 597 g/mol. The third-order valence-corrected chi connectivity index (χ3v) is 8.71. The van der Waals surface area contributed by atoms with Crippen molar-refractivity contribution >= 4 is 40.6 Å². The molecule has 0 radical (unpaired) electrons. The highest BCUT2D eigenvalue weighted by molar-refractivity contribution is 6.33. The second-order valence-corrected chi connectivity index (χ2v) is 12.7. The first-order chi connectivity index (χ1) is 20.6. The first-order valence-corrected chi connectivity index (χ1v) is 14.9. The Morgan fingerprint density at radius 2 is 2.02 bits per heavy atom. The number of fused-ring (bicyclic) bond motifs is 1. The fourth-order valence-corrected chi connectivity index (χ4v) is 5.98. The van der Waals surface area contributed by atoms with Gasteiger partial charge < -0.3 is 19.9 Å². The normalized spacial score (nSPS) is 21.2. The van der Waals surface area contributed by atoms with E-state index in [1.165, 1.54) is 4.52 Å². The zero-order valence-electron chi connectivity index (χ0n) is 25.4. The molecule has 5 rings (SSSR count). The third kappa shape index (κ3) is 6.47. The molecule has 2 N–H and O–H groups in total. The van der Waals surface area contributed by atoms with Gasteiger partial charge in [0.2, 0.25) is 11.7 Å². The average Bonchev–Trinajstić information content (AvgIpc) is 3.55. The van der Waals surface area contributed by atoms with Crippen molar-refractivity contribution in [2.24, 2.45) is 0 Å². The zero-order chi connectivity index (χ0) is 32.0. The van der Waals surface area contributed by atoms with E-state index in [0.29, 0.717) is 42.9 Å². The van der Waals surface area contributed by atoms with Crippen LogP contribution in [0.3, 0.4) is 0 Å². The predicted octanol–water partition coefficient (Wildman–Crippen LogP) is 5.89. The maximum atomic E-state index is 13.9. The standard InChI is InChI=1S/C31H36ClF3N6O3/c1-6-24-21(13-18-15-29(2,3)36-16-18)27(43)41-28(38-26(39-41)19-9-11-30(4,44-5)12-10-19)40(24)17-25(42)37-23-8-7-20(14-22(23)32)31(33,34)35/h7-9,13-14,36H,6,10-12,15-17H2,1-5H3,(H,37,42)/b18-13+. The Hall–Kier alpha value is -3.48. The van der Waals surface area contributed by atoms with Gasteiger partial charge in [0.25, 0.3) is 5.56 Å². The number of nitrogens with one attached hydrogen (secondary N) is 2. The van der Waals surface area contributed by atoms with Crippen LogP contribution in [-0.4, -0.2) is 49.9 Å². The summed E-state index contributed by atoms with van der Waals surface area (Å²) in [6.45, 7) is 8.44. The van der Waals surface area contributed by atoms with Crippen molar-refractivity contribution in [3.63, 3.8) is 0 Å². The summed E-state index contributed by atoms with van der Waals surface area (Å²) in [6, 6.07) is 2.74. The van der Waals surface area contributed by atoms with Crippen LogP contribution >= 0.6 is 11.6 Å². The Labute approximate surface area is 258 Å². The summed E-state index contributed by atoms with van der Waals surface area (Å²) >= 11 is 6.10. The van der Waals surface area contributed by atoms with E-state index in [9.17, 15) is 22.8 Å². The molecule has 1 atom stereocenters. The maximum Gasteiger partial charge on any atom is 0.416 e. The molecule has 0 bridgehead atoms. The number of nitrogens with zero attached hydrogens (tertiary/aromatic N) is 4. The molecule has 13 heteroatoms. The number of methoxy groups -OCH3 is 1. The number of aromatic nitrogens is 4. The number of alkyl halides is 3. The van der Waals surface area contributed by atoms with E-state index in [0.717, 1.165) is 42.2 Å². The van der Waals surface area contributed by atoms with Gasteiger partial charge in [0.05, 0.1) is 27.4 Å². The van der Waals surface area contributed by atoms with Gasteiger partial charge in [-0.3, -0.25) is 9.59 Å². The maximum absolute atomic E-state index is 13.9. The van der Waals surface area contributed by atoms with Crippen LogP contribution in [0, 0.1) is 0 Å². The van der Waals surface area contributed by atoms with E-state index in [1.54, 1.807) is 11.7 Å². The number of carbonyl (C=O) groups is 1. The van der Waals surface area contributed by atoms with Gasteiger partial charge in [0, 0.05) is 24.9 Å². The molecule has 1 unspecified atom stereocenters. The minimum atomic E-state index is -4.57. The summed E-state index contributed by atoms with van der Waals surface area (Å²) in [6.07, 6.45) is 2.55. The Kier molecular flexibility index (Phi) is 8.56. The molecule has 236 valence electrons. The molecule has 1 fully saturated rings. The second-order valence-electron chi connectivity index (χ2n) is 12.3. The Morgan fingerprint density at radius 3 is 2.59 bits per heavy atom. The predicted molar refractivity (Wildman–Crippen MR) is 164 cm³/mol. The summed E-state index contributed by atoms with van der Waals surface area (Å²) in [7, 11) is 1.68. The van der Waals surface area contributed by atoms with Gasteiger partial charge in [-0.25, -0.2) is 0 Å². The number of carbonyl (C=O) groups excluding carboxylic acids is 1. The molecule has 1 aliphatic heterocycles. The number of amides is 1. The van der Waals surface area contributed by atoms with E-state index in [2.05, 4.69) is 29.6 Å². The van der Waals surface area contributed by atoms with Crippen molar-refractivity contribution in [2.45, 2.75) is 83.7 Å². The Balaban J connectivity index is 1.58. The second kappa shape index (κ2) is 11.8. The van der Waals surface area contributed by atoms with Gasteiger partial charge in [-0.15, -0.1) is 5.10 Å². The van der Waals surface area contributed by atoms with Crippen LogP contribution in [0.2, 0.25) is 5.02 Å². The lowest BCUT2D eigenvalue weighted by molar-refractivity contribution is -0.137. The van der Waals surface area contributed by atoms with Gasteiger partial charge in [-0.1, -0.05) is 30.2 Å². The number of benzene rings is 1. The lowest BCUT2D eigenvalue weighted by Gasteiger charge is -2.30. The zero-order valence-corrected chi connectivity index (χ0v) is 26.1. The summed E-state index contributed by atoms with van der Waals surface area (Å²) in [5, 5.41) is 10.4. The van der Waals surface area contributed by atoms with Crippen molar-refractivity contribution < 1.29 is 22.7 Å². The Morgan fingerprint density at radius 1 is 1.27 bits per heavy atom. The summed E-state index contributed by atoms with van der Waals surface area (Å²) in [5.74, 6) is 0.0470. The summed E-state index contributed by atoms with van der Waals surface area (Å²) < 4.78 is 47.9. The van der Waals surface area contributed by atoms with E-state index in [-0.39, 0.29) is 39.7 Å². The SMILES string of the molecule is CCc1c(/C=C2/CNC(C)(C)C2)c(=O)n2nc(C3=CCC(C)(OC)CC3)nc2n1CC(=O)Nc1ccc(C(F)(F)F)cc1Cl. The highest BCUT2D eigenvalue weighted by atomic mass is 35.5. The molecule has 2 aromatic heterocycles. The van der Waals surface area contributed by atoms with Crippen molar-refractivity contribution in [1.29, 1.82) is 0 Å². The van der Waals surface area contributed by atoms with Crippen LogP contribution in [0.25, 0.3) is 17.4 Å². The molecule has 0 saturated carbocycles.